The lowest BCUT2D eigenvalue weighted by molar-refractivity contribution is 0.433. The topological polar surface area (TPSA) is 16.1 Å². The molecule has 0 spiro atoms. The summed E-state index contributed by atoms with van der Waals surface area (Å²) in [6, 6.07) is 12.7. The first-order valence-corrected chi connectivity index (χ1v) is 8.01. The molecule has 22 heavy (non-hydrogen) atoms. The van der Waals surface area contributed by atoms with E-state index in [9.17, 15) is 0 Å². The van der Waals surface area contributed by atoms with E-state index in [1.165, 1.54) is 11.1 Å². The van der Waals surface area contributed by atoms with Crippen LogP contribution in [0.2, 0.25) is 0 Å². The molecule has 1 aromatic heterocycles. The van der Waals surface area contributed by atoms with Crippen LogP contribution in [0.3, 0.4) is 0 Å². The number of rotatable bonds is 5. The Morgan fingerprint density at radius 1 is 1.18 bits per heavy atom. The minimum atomic E-state index is 0.879. The molecule has 0 aliphatic heterocycles. The van der Waals surface area contributed by atoms with Crippen molar-refractivity contribution in [3.63, 3.8) is 0 Å². The Bertz CT molecular complexity index is 602. The first-order valence-electron chi connectivity index (χ1n) is 8.01. The van der Waals surface area contributed by atoms with Gasteiger partial charge < -0.3 is 4.90 Å². The minimum absolute atomic E-state index is 0.879. The van der Waals surface area contributed by atoms with Gasteiger partial charge in [-0.25, -0.2) is 0 Å². The summed E-state index contributed by atoms with van der Waals surface area (Å²) in [7, 11) is 2.08. The number of nitrogens with zero attached hydrogens (tertiary/aromatic N) is 2. The van der Waals surface area contributed by atoms with E-state index >= 15 is 0 Å². The zero-order valence-corrected chi connectivity index (χ0v) is 14.6. The van der Waals surface area contributed by atoms with Crippen molar-refractivity contribution in [3.05, 3.63) is 66.0 Å². The molecule has 2 heteroatoms. The highest BCUT2D eigenvalue weighted by atomic mass is 15.1. The second-order valence-corrected chi connectivity index (χ2v) is 5.18. The zero-order chi connectivity index (χ0) is 16.5. The molecule has 2 aromatic rings. The van der Waals surface area contributed by atoms with E-state index < -0.39 is 0 Å². The van der Waals surface area contributed by atoms with Crippen LogP contribution in [0.4, 0.5) is 0 Å². The van der Waals surface area contributed by atoms with Gasteiger partial charge in [0.15, 0.2) is 0 Å². The summed E-state index contributed by atoms with van der Waals surface area (Å²) in [5.74, 6) is 0. The lowest BCUT2D eigenvalue weighted by Gasteiger charge is -2.19. The molecule has 2 rings (SSSR count). The number of likely N-dealkylation sites (N-methyl/N-ethyl adjacent to an activating group) is 1. The lowest BCUT2D eigenvalue weighted by Crippen LogP contribution is -2.17. The second-order valence-electron chi connectivity index (χ2n) is 5.18. The first-order chi connectivity index (χ1) is 10.6. The normalized spacial score (nSPS) is 9.68. The van der Waals surface area contributed by atoms with Crippen molar-refractivity contribution in [2.24, 2.45) is 0 Å². The van der Waals surface area contributed by atoms with Gasteiger partial charge in [-0.15, -0.1) is 0 Å². The maximum Gasteiger partial charge on any atom is 0.0704 e. The van der Waals surface area contributed by atoms with Crippen LogP contribution in [0.1, 0.15) is 31.9 Å². The predicted molar refractivity (Wildman–Crippen MR) is 96.9 cm³/mol. The first kappa shape index (κ1) is 18.0. The Morgan fingerprint density at radius 3 is 2.55 bits per heavy atom. The van der Waals surface area contributed by atoms with Gasteiger partial charge in [-0.1, -0.05) is 38.6 Å². The Balaban J connectivity index is 0.00000116. The van der Waals surface area contributed by atoms with Gasteiger partial charge in [0.1, 0.15) is 0 Å². The molecule has 0 unspecified atom stereocenters. The summed E-state index contributed by atoms with van der Waals surface area (Å²) in [6.45, 7) is 13.4. The van der Waals surface area contributed by atoms with Gasteiger partial charge in [-0.05, 0) is 43.2 Å². The summed E-state index contributed by atoms with van der Waals surface area (Å²) in [5, 5.41) is 0. The Hall–Kier alpha value is -2.09. The third-order valence-corrected chi connectivity index (χ3v) is 3.56. The number of pyridine rings is 1. The molecule has 0 aliphatic rings. The number of hydrogen-bond acceptors (Lipinski definition) is 2. The van der Waals surface area contributed by atoms with E-state index in [1.54, 1.807) is 0 Å². The van der Waals surface area contributed by atoms with Gasteiger partial charge in [0, 0.05) is 37.5 Å². The minimum Gasteiger partial charge on any atom is -0.378 e. The molecule has 2 nitrogen and oxygen atoms in total. The molecule has 1 aromatic carbocycles. The molecular weight excluding hydrogens is 268 g/mol. The average molecular weight is 296 g/mol. The Labute approximate surface area is 135 Å². The van der Waals surface area contributed by atoms with Crippen LogP contribution in [0.15, 0.2) is 54.9 Å². The van der Waals surface area contributed by atoms with Crippen LogP contribution in [0.25, 0.3) is 11.3 Å². The van der Waals surface area contributed by atoms with Crippen molar-refractivity contribution in [1.29, 1.82) is 0 Å². The monoisotopic (exact) mass is 296 g/mol. The highest BCUT2D eigenvalue weighted by Crippen LogP contribution is 2.20. The summed E-state index contributed by atoms with van der Waals surface area (Å²) in [5.41, 5.74) is 5.84. The fraction of sp³-hybridized carbons (Fsp3) is 0.350. The van der Waals surface area contributed by atoms with Gasteiger partial charge in [0.05, 0.1) is 5.69 Å². The van der Waals surface area contributed by atoms with E-state index in [0.717, 1.165) is 29.9 Å². The van der Waals surface area contributed by atoms with Crippen LogP contribution in [0.5, 0.6) is 0 Å². The van der Waals surface area contributed by atoms with Crippen LogP contribution in [0, 0.1) is 6.92 Å². The van der Waals surface area contributed by atoms with E-state index in [-0.39, 0.29) is 0 Å². The van der Waals surface area contributed by atoms with Crippen molar-refractivity contribution in [3.8, 4) is 11.3 Å². The molecule has 0 amide bonds. The third-order valence-electron chi connectivity index (χ3n) is 3.56. The molecule has 0 saturated heterocycles. The Morgan fingerprint density at radius 2 is 1.91 bits per heavy atom. The van der Waals surface area contributed by atoms with Crippen molar-refractivity contribution >= 4 is 0 Å². The van der Waals surface area contributed by atoms with E-state index in [0.29, 0.717) is 0 Å². The van der Waals surface area contributed by atoms with Gasteiger partial charge in [-0.2, -0.15) is 0 Å². The summed E-state index contributed by atoms with van der Waals surface area (Å²) in [4.78, 5) is 6.63. The van der Waals surface area contributed by atoms with Gasteiger partial charge in [0.25, 0.3) is 0 Å². The molecule has 0 radical (unpaired) electrons. The molecule has 0 fully saturated rings. The molecular formula is C20H28N2. The SMILES string of the molecule is C=C(Cc1cccc(-c2cc(C)ccn2)c1)N(C)CC.CC. The standard InChI is InChI=1S/C18H22N2.C2H6/c1-5-20(4)15(3)12-16-7-6-8-17(13-16)18-11-14(2)9-10-19-18;1-2/h6-11,13H,3,5,12H2,1-2,4H3;1-2H3. The highest BCUT2D eigenvalue weighted by Gasteiger charge is 2.04. The number of aromatic nitrogens is 1. The number of aryl methyl sites for hydroxylation is 1. The van der Waals surface area contributed by atoms with Crippen LogP contribution < -0.4 is 0 Å². The van der Waals surface area contributed by atoms with Crippen molar-refractivity contribution in [2.45, 2.75) is 34.1 Å². The molecule has 0 aliphatic carbocycles. The van der Waals surface area contributed by atoms with E-state index in [4.69, 9.17) is 0 Å². The fourth-order valence-corrected chi connectivity index (χ4v) is 2.13. The number of allylic oxidation sites excluding steroid dienone is 1. The molecule has 0 bridgehead atoms. The number of hydrogen-bond donors (Lipinski definition) is 0. The van der Waals surface area contributed by atoms with Crippen LogP contribution in [-0.4, -0.2) is 23.5 Å². The Kier molecular flexibility index (Phi) is 7.38. The molecule has 0 atom stereocenters. The number of benzene rings is 1. The summed E-state index contributed by atoms with van der Waals surface area (Å²) >= 11 is 0. The van der Waals surface area contributed by atoms with Crippen LogP contribution >= 0.6 is 0 Å². The molecule has 118 valence electrons. The van der Waals surface area contributed by atoms with Gasteiger partial charge in [0.2, 0.25) is 0 Å². The summed E-state index contributed by atoms with van der Waals surface area (Å²) < 4.78 is 0. The lowest BCUT2D eigenvalue weighted by atomic mass is 10.0. The van der Waals surface area contributed by atoms with E-state index in [1.807, 2.05) is 26.1 Å². The van der Waals surface area contributed by atoms with Crippen molar-refractivity contribution < 1.29 is 0 Å². The third kappa shape index (κ3) is 5.03. The maximum absolute atomic E-state index is 4.45. The van der Waals surface area contributed by atoms with E-state index in [2.05, 4.69) is 67.7 Å². The summed E-state index contributed by atoms with van der Waals surface area (Å²) in [6.07, 6.45) is 2.74. The predicted octanol–water partition coefficient (Wildman–Crippen LogP) is 5.09. The largest absolute Gasteiger partial charge is 0.378 e. The van der Waals surface area contributed by atoms with Crippen LogP contribution in [-0.2, 0) is 6.42 Å². The molecule has 1 heterocycles. The highest BCUT2D eigenvalue weighted by molar-refractivity contribution is 5.60. The molecule has 0 saturated carbocycles. The molecule has 0 N–H and O–H groups in total. The van der Waals surface area contributed by atoms with Crippen molar-refractivity contribution in [2.75, 3.05) is 13.6 Å². The van der Waals surface area contributed by atoms with Gasteiger partial charge >= 0.3 is 0 Å². The van der Waals surface area contributed by atoms with Crippen molar-refractivity contribution in [1.82, 2.24) is 9.88 Å². The zero-order valence-electron chi connectivity index (χ0n) is 14.6. The fourth-order valence-electron chi connectivity index (χ4n) is 2.13. The maximum atomic E-state index is 4.45. The quantitative estimate of drug-likeness (QED) is 0.764. The second kappa shape index (κ2) is 9.04. The van der Waals surface area contributed by atoms with Gasteiger partial charge in [-0.3, -0.25) is 4.98 Å². The average Bonchev–Trinajstić information content (AvgIpc) is 2.56. The smallest absolute Gasteiger partial charge is 0.0704 e.